The van der Waals surface area contributed by atoms with Crippen LogP contribution >= 0.6 is 0 Å². The highest BCUT2D eigenvalue weighted by Crippen LogP contribution is 2.36. The Morgan fingerprint density at radius 3 is 2.83 bits per heavy atom. The number of fused-ring (bicyclic) bond motifs is 6. The van der Waals surface area contributed by atoms with Crippen LogP contribution in [0.5, 0.6) is 0 Å². The number of hydrogen-bond acceptors (Lipinski definition) is 6. The molecule has 4 aliphatic rings. The van der Waals surface area contributed by atoms with Crippen LogP contribution in [0.3, 0.4) is 0 Å². The van der Waals surface area contributed by atoms with Gasteiger partial charge in [-0.1, -0.05) is 11.3 Å². The Morgan fingerprint density at radius 2 is 2.07 bits per heavy atom. The number of nitrogens with zero attached hydrogens (tertiary/aromatic N) is 6. The van der Waals surface area contributed by atoms with Gasteiger partial charge in [0, 0.05) is 75.7 Å². The fourth-order valence-corrected chi connectivity index (χ4v) is 5.93. The van der Waals surface area contributed by atoms with Crippen LogP contribution in [0.25, 0.3) is 0 Å². The molecule has 4 atom stereocenters. The molecule has 0 unspecified atom stereocenters. The van der Waals surface area contributed by atoms with Gasteiger partial charge in [-0.3, -0.25) is 19.3 Å². The lowest BCUT2D eigenvalue weighted by molar-refractivity contribution is 0.0270. The number of hydrogen-bond donors (Lipinski definition) is 0. The molecule has 0 aliphatic carbocycles. The van der Waals surface area contributed by atoms with Crippen molar-refractivity contribution in [1.29, 1.82) is 0 Å². The lowest BCUT2D eigenvalue weighted by Gasteiger charge is -2.42. The Morgan fingerprint density at radius 1 is 1.14 bits per heavy atom. The van der Waals surface area contributed by atoms with Crippen molar-refractivity contribution in [3.05, 3.63) is 45.6 Å². The van der Waals surface area contributed by atoms with E-state index in [0.29, 0.717) is 24.0 Å². The summed E-state index contributed by atoms with van der Waals surface area (Å²) in [6.07, 6.45) is 4.67. The molecular formula is C21H28N6O2. The van der Waals surface area contributed by atoms with E-state index < -0.39 is 0 Å². The second-order valence-electron chi connectivity index (χ2n) is 9.35. The van der Waals surface area contributed by atoms with Crippen LogP contribution in [0.1, 0.15) is 35.7 Å². The van der Waals surface area contributed by atoms with Crippen molar-refractivity contribution in [2.75, 3.05) is 26.2 Å². The molecule has 29 heavy (non-hydrogen) atoms. The minimum Gasteiger partial charge on any atom is -0.375 e. The Balaban J connectivity index is 1.21. The number of ether oxygens (including phenoxy) is 1. The number of aryl methyl sites for hydroxylation is 1. The first-order chi connectivity index (χ1) is 14.1. The zero-order valence-corrected chi connectivity index (χ0v) is 16.9. The standard InChI is InChI=1S/C21H28N6O2/c1-24-10-17(22-23-24)11-25-6-14-4-16(8-25)20-3-2-15(21(28)27(20)7-14)9-26-12-19-5-18(26)13-29-19/h2-3,10,14,16,18-19H,4-9,11-13H2,1H3/t14-,16+,18+,19+/m0/s1. The maximum absolute atomic E-state index is 13.3. The van der Waals surface area contributed by atoms with E-state index in [9.17, 15) is 4.79 Å². The molecule has 4 aliphatic heterocycles. The van der Waals surface area contributed by atoms with Crippen LogP contribution in [-0.2, 0) is 31.4 Å². The second-order valence-corrected chi connectivity index (χ2v) is 9.35. The third-order valence-corrected chi connectivity index (χ3v) is 7.18. The number of rotatable bonds is 4. The van der Waals surface area contributed by atoms with E-state index in [2.05, 4.69) is 36.8 Å². The van der Waals surface area contributed by atoms with Gasteiger partial charge >= 0.3 is 0 Å². The van der Waals surface area contributed by atoms with Gasteiger partial charge in [0.15, 0.2) is 0 Å². The van der Waals surface area contributed by atoms with E-state index in [4.69, 9.17) is 4.74 Å². The summed E-state index contributed by atoms with van der Waals surface area (Å²) in [5, 5.41) is 8.29. The zero-order chi connectivity index (χ0) is 19.5. The van der Waals surface area contributed by atoms with Crippen molar-refractivity contribution in [2.45, 2.75) is 50.5 Å². The summed E-state index contributed by atoms with van der Waals surface area (Å²) in [4.78, 5) is 18.2. The predicted octanol–water partition coefficient (Wildman–Crippen LogP) is 0.569. The summed E-state index contributed by atoms with van der Waals surface area (Å²) < 4.78 is 9.55. The first-order valence-electron chi connectivity index (χ1n) is 10.8. The van der Waals surface area contributed by atoms with Gasteiger partial charge in [-0.15, -0.1) is 5.10 Å². The predicted molar refractivity (Wildman–Crippen MR) is 106 cm³/mol. The van der Waals surface area contributed by atoms with E-state index in [0.717, 1.165) is 63.6 Å². The minimum atomic E-state index is 0.225. The molecule has 154 valence electrons. The van der Waals surface area contributed by atoms with Gasteiger partial charge < -0.3 is 9.30 Å². The number of morpholine rings is 1. The fraction of sp³-hybridized carbons (Fsp3) is 0.667. The van der Waals surface area contributed by atoms with Crippen LogP contribution < -0.4 is 5.56 Å². The van der Waals surface area contributed by atoms with E-state index >= 15 is 0 Å². The highest BCUT2D eigenvalue weighted by atomic mass is 16.5. The van der Waals surface area contributed by atoms with Crippen LogP contribution in [0.15, 0.2) is 23.1 Å². The molecule has 6 heterocycles. The number of likely N-dealkylation sites (tertiary alicyclic amines) is 2. The highest BCUT2D eigenvalue weighted by molar-refractivity contribution is 5.23. The lowest BCUT2D eigenvalue weighted by atomic mass is 9.83. The van der Waals surface area contributed by atoms with Crippen LogP contribution in [0, 0.1) is 5.92 Å². The third-order valence-electron chi connectivity index (χ3n) is 7.18. The third kappa shape index (κ3) is 3.14. The van der Waals surface area contributed by atoms with Gasteiger partial charge in [0.05, 0.1) is 18.4 Å². The summed E-state index contributed by atoms with van der Waals surface area (Å²) in [6.45, 7) is 6.23. The van der Waals surface area contributed by atoms with Crippen molar-refractivity contribution < 1.29 is 4.74 Å². The molecule has 6 rings (SSSR count). The summed E-state index contributed by atoms with van der Waals surface area (Å²) in [5.41, 5.74) is 3.40. The zero-order valence-electron chi connectivity index (χ0n) is 16.9. The topological polar surface area (TPSA) is 68.4 Å². The second kappa shape index (κ2) is 6.75. The Kier molecular flexibility index (Phi) is 4.14. The van der Waals surface area contributed by atoms with E-state index in [1.54, 1.807) is 4.68 Å². The molecule has 0 amide bonds. The first kappa shape index (κ1) is 17.8. The molecule has 0 radical (unpaired) electrons. The molecule has 2 aromatic rings. The fourth-order valence-electron chi connectivity index (χ4n) is 5.93. The van der Waals surface area contributed by atoms with Gasteiger partial charge in [0.25, 0.3) is 5.56 Å². The molecule has 3 saturated heterocycles. The van der Waals surface area contributed by atoms with Crippen LogP contribution in [-0.4, -0.2) is 67.7 Å². The van der Waals surface area contributed by atoms with Crippen LogP contribution in [0.4, 0.5) is 0 Å². The lowest BCUT2D eigenvalue weighted by Crippen LogP contribution is -2.47. The normalized spacial score (nSPS) is 31.3. The molecule has 8 nitrogen and oxygen atoms in total. The number of piperidine rings is 1. The average molecular weight is 396 g/mol. The molecule has 0 N–H and O–H groups in total. The van der Waals surface area contributed by atoms with Crippen molar-refractivity contribution in [2.24, 2.45) is 13.0 Å². The molecule has 0 saturated carbocycles. The SMILES string of the molecule is Cn1cc(CN2C[C@@H]3C[C@H](C2)c2ccc(CN4C[C@H]5C[C@@H]4CO5)c(=O)n2C3)nn1. The Labute approximate surface area is 170 Å². The van der Waals surface area contributed by atoms with E-state index in [1.807, 2.05) is 13.2 Å². The van der Waals surface area contributed by atoms with Gasteiger partial charge in [-0.2, -0.15) is 0 Å². The van der Waals surface area contributed by atoms with Crippen molar-refractivity contribution in [3.63, 3.8) is 0 Å². The van der Waals surface area contributed by atoms with Crippen molar-refractivity contribution in [3.8, 4) is 0 Å². The van der Waals surface area contributed by atoms with Crippen molar-refractivity contribution >= 4 is 0 Å². The number of pyridine rings is 1. The molecule has 0 aromatic carbocycles. The Hall–Kier alpha value is -2.03. The number of aromatic nitrogens is 4. The molecular weight excluding hydrogens is 368 g/mol. The maximum Gasteiger partial charge on any atom is 0.255 e. The minimum absolute atomic E-state index is 0.225. The van der Waals surface area contributed by atoms with E-state index in [-0.39, 0.29) is 5.56 Å². The molecule has 8 heteroatoms. The molecule has 3 fully saturated rings. The average Bonchev–Trinajstić information content (AvgIpc) is 3.42. The summed E-state index contributed by atoms with van der Waals surface area (Å²) in [7, 11) is 1.90. The Bertz CT molecular complexity index is 984. The quantitative estimate of drug-likeness (QED) is 0.753. The molecule has 4 bridgehead atoms. The first-order valence-corrected chi connectivity index (χ1v) is 10.8. The van der Waals surface area contributed by atoms with Gasteiger partial charge in [0.1, 0.15) is 0 Å². The van der Waals surface area contributed by atoms with Gasteiger partial charge in [0.2, 0.25) is 0 Å². The maximum atomic E-state index is 13.3. The van der Waals surface area contributed by atoms with Crippen molar-refractivity contribution in [1.82, 2.24) is 29.4 Å². The monoisotopic (exact) mass is 396 g/mol. The van der Waals surface area contributed by atoms with Crippen LogP contribution in [0.2, 0.25) is 0 Å². The largest absolute Gasteiger partial charge is 0.375 e. The molecule has 2 aromatic heterocycles. The molecule has 0 spiro atoms. The summed E-state index contributed by atoms with van der Waals surface area (Å²) in [6, 6.07) is 4.80. The summed E-state index contributed by atoms with van der Waals surface area (Å²) >= 11 is 0. The van der Waals surface area contributed by atoms with E-state index in [1.165, 1.54) is 12.1 Å². The van der Waals surface area contributed by atoms with Gasteiger partial charge in [-0.05, 0) is 24.8 Å². The van der Waals surface area contributed by atoms with Gasteiger partial charge in [-0.25, -0.2) is 0 Å². The summed E-state index contributed by atoms with van der Waals surface area (Å²) in [5.74, 6) is 0.958. The highest BCUT2D eigenvalue weighted by Gasteiger charge is 2.39. The smallest absolute Gasteiger partial charge is 0.255 e.